The van der Waals surface area contributed by atoms with E-state index in [0.29, 0.717) is 12.1 Å². The van der Waals surface area contributed by atoms with Crippen molar-refractivity contribution in [3.63, 3.8) is 0 Å². The van der Waals surface area contributed by atoms with Gasteiger partial charge in [0.05, 0.1) is 11.9 Å². The Bertz CT molecular complexity index is 421. The Morgan fingerprint density at radius 1 is 1.58 bits per heavy atom. The van der Waals surface area contributed by atoms with E-state index >= 15 is 0 Å². The normalized spacial score (nSPS) is 11.7. The zero-order chi connectivity index (χ0) is 14.5. The van der Waals surface area contributed by atoms with Crippen molar-refractivity contribution in [3.05, 3.63) is 12.4 Å². The van der Waals surface area contributed by atoms with Crippen LogP contribution in [0.25, 0.3) is 0 Å². The van der Waals surface area contributed by atoms with Crippen molar-refractivity contribution in [3.8, 4) is 0 Å². The lowest BCUT2D eigenvalue weighted by Gasteiger charge is -2.25. The molecule has 0 saturated carbocycles. The summed E-state index contributed by atoms with van der Waals surface area (Å²) in [6, 6.07) is -0.477. The molecule has 0 aliphatic carbocycles. The van der Waals surface area contributed by atoms with Gasteiger partial charge in [-0.2, -0.15) is 5.10 Å². The van der Waals surface area contributed by atoms with E-state index in [4.69, 9.17) is 5.11 Å². The quantitative estimate of drug-likeness (QED) is 0.735. The van der Waals surface area contributed by atoms with E-state index in [1.54, 1.807) is 13.8 Å². The smallest absolute Gasteiger partial charge is 0.319 e. The van der Waals surface area contributed by atoms with Crippen LogP contribution in [0.15, 0.2) is 12.4 Å². The fourth-order valence-corrected chi connectivity index (χ4v) is 1.48. The summed E-state index contributed by atoms with van der Waals surface area (Å²) in [5, 5.41) is 17.7. The predicted molar refractivity (Wildman–Crippen MR) is 66.2 cm³/mol. The van der Waals surface area contributed by atoms with Gasteiger partial charge in [0.2, 0.25) is 0 Å². The standard InChI is InChI=1S/C11H18F2N4O2/c1-11(2,3-4-18)16-10(19)15-8-5-14-17(6-8)7-9(12)13/h5-6,9,18H,3-4,7H2,1-2H3,(H2,15,16,19). The van der Waals surface area contributed by atoms with E-state index in [0.717, 1.165) is 4.68 Å². The molecular formula is C11H18F2N4O2. The number of hydrogen-bond donors (Lipinski definition) is 3. The van der Waals surface area contributed by atoms with Gasteiger partial charge in [-0.3, -0.25) is 4.68 Å². The first-order chi connectivity index (χ1) is 8.82. The maximum atomic E-state index is 12.1. The molecule has 0 unspecified atom stereocenters. The summed E-state index contributed by atoms with van der Waals surface area (Å²) in [4.78, 5) is 11.6. The lowest BCUT2D eigenvalue weighted by molar-refractivity contribution is 0.122. The molecule has 0 aliphatic heterocycles. The third kappa shape index (κ3) is 5.64. The summed E-state index contributed by atoms with van der Waals surface area (Å²) >= 11 is 0. The molecule has 0 bridgehead atoms. The van der Waals surface area contributed by atoms with Crippen molar-refractivity contribution in [1.29, 1.82) is 0 Å². The minimum absolute atomic E-state index is 0.0421. The average molecular weight is 276 g/mol. The number of rotatable bonds is 6. The first-order valence-electron chi connectivity index (χ1n) is 5.83. The first-order valence-corrected chi connectivity index (χ1v) is 5.83. The molecule has 0 aromatic carbocycles. The van der Waals surface area contributed by atoms with E-state index in [1.807, 2.05) is 0 Å². The number of hydrogen-bond acceptors (Lipinski definition) is 3. The number of amides is 2. The number of anilines is 1. The third-order valence-corrected chi connectivity index (χ3v) is 2.40. The van der Waals surface area contributed by atoms with Crippen LogP contribution < -0.4 is 10.6 Å². The SMILES string of the molecule is CC(C)(CCO)NC(=O)Nc1cnn(CC(F)F)c1. The van der Waals surface area contributed by atoms with Crippen molar-refractivity contribution < 1.29 is 18.7 Å². The molecule has 6 nitrogen and oxygen atoms in total. The molecule has 0 atom stereocenters. The van der Waals surface area contributed by atoms with Crippen molar-refractivity contribution in [1.82, 2.24) is 15.1 Å². The molecule has 2 amide bonds. The molecule has 3 N–H and O–H groups in total. The maximum absolute atomic E-state index is 12.1. The van der Waals surface area contributed by atoms with E-state index in [9.17, 15) is 13.6 Å². The second-order valence-corrected chi connectivity index (χ2v) is 4.78. The van der Waals surface area contributed by atoms with Gasteiger partial charge in [-0.05, 0) is 20.3 Å². The highest BCUT2D eigenvalue weighted by Crippen LogP contribution is 2.10. The number of nitrogens with one attached hydrogen (secondary N) is 2. The number of carbonyl (C=O) groups is 1. The molecule has 0 aliphatic rings. The summed E-state index contributed by atoms with van der Waals surface area (Å²) in [7, 11) is 0. The van der Waals surface area contributed by atoms with Gasteiger partial charge in [0.25, 0.3) is 6.43 Å². The summed E-state index contributed by atoms with van der Waals surface area (Å²) < 4.78 is 25.3. The number of halogens is 2. The van der Waals surface area contributed by atoms with Crippen LogP contribution in [0.2, 0.25) is 0 Å². The minimum atomic E-state index is -2.50. The molecule has 1 aromatic rings. The monoisotopic (exact) mass is 276 g/mol. The van der Waals surface area contributed by atoms with Gasteiger partial charge in [0.1, 0.15) is 6.54 Å². The van der Waals surface area contributed by atoms with Crippen molar-refractivity contribution in [2.45, 2.75) is 38.8 Å². The average Bonchev–Trinajstić information content (AvgIpc) is 2.62. The number of urea groups is 1. The molecule has 0 saturated heterocycles. The molecule has 108 valence electrons. The lowest BCUT2D eigenvalue weighted by atomic mass is 10.0. The van der Waals surface area contributed by atoms with Gasteiger partial charge >= 0.3 is 6.03 Å². The Hall–Kier alpha value is -1.70. The molecule has 8 heteroatoms. The minimum Gasteiger partial charge on any atom is -0.396 e. The fraction of sp³-hybridized carbons (Fsp3) is 0.636. The molecule has 19 heavy (non-hydrogen) atoms. The number of aliphatic hydroxyl groups is 1. The second-order valence-electron chi connectivity index (χ2n) is 4.78. The third-order valence-electron chi connectivity index (χ3n) is 2.40. The van der Waals surface area contributed by atoms with Gasteiger partial charge in [-0.25, -0.2) is 13.6 Å². The Morgan fingerprint density at radius 3 is 2.84 bits per heavy atom. The Labute approximate surface area is 109 Å². The van der Waals surface area contributed by atoms with Crippen LogP contribution in [0.1, 0.15) is 20.3 Å². The lowest BCUT2D eigenvalue weighted by Crippen LogP contribution is -2.46. The van der Waals surface area contributed by atoms with Crippen molar-refractivity contribution >= 4 is 11.7 Å². The zero-order valence-electron chi connectivity index (χ0n) is 10.9. The first kappa shape index (κ1) is 15.4. The number of nitrogens with zero attached hydrogens (tertiary/aromatic N) is 2. The number of alkyl halides is 2. The van der Waals surface area contributed by atoms with Gasteiger partial charge in [0.15, 0.2) is 0 Å². The highest BCUT2D eigenvalue weighted by atomic mass is 19.3. The maximum Gasteiger partial charge on any atom is 0.319 e. The highest BCUT2D eigenvalue weighted by molar-refractivity contribution is 5.89. The van der Waals surface area contributed by atoms with Crippen LogP contribution in [-0.2, 0) is 6.54 Å². The molecular weight excluding hydrogens is 258 g/mol. The number of aliphatic hydroxyl groups excluding tert-OH is 1. The van der Waals surface area contributed by atoms with Gasteiger partial charge in [-0.1, -0.05) is 0 Å². The van der Waals surface area contributed by atoms with Crippen LogP contribution in [0, 0.1) is 0 Å². The summed E-state index contributed by atoms with van der Waals surface area (Å²) in [5.74, 6) is 0. The molecule has 0 radical (unpaired) electrons. The van der Waals surface area contributed by atoms with Gasteiger partial charge in [-0.15, -0.1) is 0 Å². The largest absolute Gasteiger partial charge is 0.396 e. The van der Waals surface area contributed by atoms with Crippen molar-refractivity contribution in [2.24, 2.45) is 0 Å². The second kappa shape index (κ2) is 6.46. The van der Waals surface area contributed by atoms with E-state index in [1.165, 1.54) is 12.4 Å². The van der Waals surface area contributed by atoms with Crippen LogP contribution in [0.3, 0.4) is 0 Å². The zero-order valence-corrected chi connectivity index (χ0v) is 10.9. The van der Waals surface area contributed by atoms with Crippen LogP contribution in [0.5, 0.6) is 0 Å². The van der Waals surface area contributed by atoms with Crippen LogP contribution in [0.4, 0.5) is 19.3 Å². The van der Waals surface area contributed by atoms with E-state index in [2.05, 4.69) is 15.7 Å². The molecule has 1 aromatic heterocycles. The van der Waals surface area contributed by atoms with E-state index < -0.39 is 24.5 Å². The highest BCUT2D eigenvalue weighted by Gasteiger charge is 2.19. The Balaban J connectivity index is 2.50. The number of aromatic nitrogens is 2. The summed E-state index contributed by atoms with van der Waals surface area (Å²) in [6.07, 6.45) is 0.529. The molecule has 0 fully saturated rings. The Morgan fingerprint density at radius 2 is 2.26 bits per heavy atom. The van der Waals surface area contributed by atoms with Crippen LogP contribution >= 0.6 is 0 Å². The number of carbonyl (C=O) groups excluding carboxylic acids is 1. The van der Waals surface area contributed by atoms with E-state index in [-0.39, 0.29) is 6.61 Å². The topological polar surface area (TPSA) is 79.2 Å². The fourth-order valence-electron chi connectivity index (χ4n) is 1.48. The predicted octanol–water partition coefficient (Wildman–Crippen LogP) is 1.43. The van der Waals surface area contributed by atoms with Gasteiger partial charge < -0.3 is 15.7 Å². The molecule has 1 rings (SSSR count). The molecule has 1 heterocycles. The van der Waals surface area contributed by atoms with Crippen molar-refractivity contribution in [2.75, 3.05) is 11.9 Å². The Kier molecular flexibility index (Phi) is 5.22. The summed E-state index contributed by atoms with van der Waals surface area (Å²) in [6.45, 7) is 2.98. The van der Waals surface area contributed by atoms with Crippen LogP contribution in [-0.4, -0.2) is 39.5 Å². The molecule has 0 spiro atoms. The van der Waals surface area contributed by atoms with Gasteiger partial charge in [0, 0.05) is 18.3 Å². The summed E-state index contributed by atoms with van der Waals surface area (Å²) in [5.41, 5.74) is -0.226.